The average molecular weight is 465 g/mol. The highest BCUT2D eigenvalue weighted by Gasteiger charge is 2.14. The third-order valence-electron chi connectivity index (χ3n) is 5.58. The number of carbonyl (C=O) groups is 1. The second-order valence-corrected chi connectivity index (χ2v) is 8.45. The van der Waals surface area contributed by atoms with Crippen molar-refractivity contribution in [2.24, 2.45) is 5.10 Å². The number of esters is 1. The molecule has 0 N–H and O–H groups in total. The number of aromatic nitrogens is 3. The predicted octanol–water partition coefficient (Wildman–Crippen LogP) is 4.85. The van der Waals surface area contributed by atoms with E-state index in [0.717, 1.165) is 22.0 Å². The summed E-state index contributed by atoms with van der Waals surface area (Å²) in [6.45, 7) is 3.73. The quantitative estimate of drug-likeness (QED) is 0.266. The standard InChI is InChI=1S/C28H24N4O3/c1-19(2)35-26(33)18-31-17-21(22-12-7-9-15-25(22)31)16-29-32-27(20-10-4-3-5-11-20)30-24-14-8-6-13-23(24)28(32)34/h3-17,19H,18H2,1-2H3. The largest absolute Gasteiger partial charge is 0.462 e. The smallest absolute Gasteiger partial charge is 0.326 e. The Labute approximate surface area is 201 Å². The van der Waals surface area contributed by atoms with Crippen molar-refractivity contribution in [3.05, 3.63) is 101 Å². The number of para-hydroxylation sites is 2. The van der Waals surface area contributed by atoms with Crippen LogP contribution in [0.2, 0.25) is 0 Å². The predicted molar refractivity (Wildman–Crippen MR) is 138 cm³/mol. The van der Waals surface area contributed by atoms with Gasteiger partial charge >= 0.3 is 5.97 Å². The van der Waals surface area contributed by atoms with Crippen LogP contribution in [-0.4, -0.2) is 32.5 Å². The average Bonchev–Trinajstić information content (AvgIpc) is 3.20. The summed E-state index contributed by atoms with van der Waals surface area (Å²) in [6.07, 6.45) is 3.29. The Bertz CT molecular complexity index is 1610. The molecule has 0 amide bonds. The van der Waals surface area contributed by atoms with Crippen LogP contribution in [0.1, 0.15) is 19.4 Å². The third-order valence-corrected chi connectivity index (χ3v) is 5.58. The van der Waals surface area contributed by atoms with Gasteiger partial charge in [-0.25, -0.2) is 4.98 Å². The lowest BCUT2D eigenvalue weighted by Gasteiger charge is -2.09. The molecule has 0 saturated heterocycles. The van der Waals surface area contributed by atoms with Gasteiger partial charge < -0.3 is 9.30 Å². The lowest BCUT2D eigenvalue weighted by atomic mass is 10.2. The first-order valence-corrected chi connectivity index (χ1v) is 11.4. The summed E-state index contributed by atoms with van der Waals surface area (Å²) in [7, 11) is 0. The summed E-state index contributed by atoms with van der Waals surface area (Å²) < 4.78 is 8.48. The zero-order valence-electron chi connectivity index (χ0n) is 19.5. The van der Waals surface area contributed by atoms with Crippen LogP contribution in [0, 0.1) is 0 Å². The number of hydrogen-bond acceptors (Lipinski definition) is 5. The van der Waals surface area contributed by atoms with Crippen molar-refractivity contribution in [2.45, 2.75) is 26.5 Å². The fourth-order valence-electron chi connectivity index (χ4n) is 4.07. The van der Waals surface area contributed by atoms with E-state index in [2.05, 4.69) is 5.10 Å². The number of ether oxygens (including phenoxy) is 1. The second kappa shape index (κ2) is 9.38. The van der Waals surface area contributed by atoms with Crippen molar-refractivity contribution in [2.75, 3.05) is 0 Å². The molecule has 35 heavy (non-hydrogen) atoms. The third kappa shape index (κ3) is 4.48. The Hall–Kier alpha value is -4.52. The van der Waals surface area contributed by atoms with E-state index in [1.807, 2.05) is 97.4 Å². The Balaban J connectivity index is 1.62. The number of carbonyl (C=O) groups excluding carboxylic acids is 1. The minimum Gasteiger partial charge on any atom is -0.462 e. The molecule has 174 valence electrons. The first-order chi connectivity index (χ1) is 17.0. The van der Waals surface area contributed by atoms with E-state index in [9.17, 15) is 9.59 Å². The van der Waals surface area contributed by atoms with Crippen LogP contribution in [0.15, 0.2) is 95.0 Å². The molecule has 7 nitrogen and oxygen atoms in total. The number of fused-ring (bicyclic) bond motifs is 2. The number of hydrogen-bond donors (Lipinski definition) is 0. The van der Waals surface area contributed by atoms with Gasteiger partial charge in [0.2, 0.25) is 0 Å². The molecule has 0 aliphatic rings. The lowest BCUT2D eigenvalue weighted by molar-refractivity contribution is -0.148. The van der Waals surface area contributed by atoms with Crippen LogP contribution < -0.4 is 5.56 Å². The van der Waals surface area contributed by atoms with Gasteiger partial charge in [0.1, 0.15) is 6.54 Å². The maximum atomic E-state index is 13.4. The topological polar surface area (TPSA) is 78.5 Å². The zero-order chi connectivity index (χ0) is 24.4. The van der Waals surface area contributed by atoms with Gasteiger partial charge in [0.05, 0.1) is 23.2 Å². The maximum absolute atomic E-state index is 13.4. The van der Waals surface area contributed by atoms with Crippen molar-refractivity contribution >= 4 is 34.0 Å². The van der Waals surface area contributed by atoms with E-state index in [4.69, 9.17) is 9.72 Å². The number of rotatable bonds is 6. The Kier molecular flexibility index (Phi) is 5.97. The summed E-state index contributed by atoms with van der Waals surface area (Å²) in [5, 5.41) is 5.98. The van der Waals surface area contributed by atoms with Gasteiger partial charge in [-0.05, 0) is 32.0 Å². The Morgan fingerprint density at radius 3 is 2.43 bits per heavy atom. The SMILES string of the molecule is CC(C)OC(=O)Cn1cc(C=Nn2c(-c3ccccc3)nc3ccccc3c2=O)c2ccccc21. The van der Waals surface area contributed by atoms with Crippen molar-refractivity contribution in [1.82, 2.24) is 14.2 Å². The van der Waals surface area contributed by atoms with Crippen LogP contribution in [0.5, 0.6) is 0 Å². The first-order valence-electron chi connectivity index (χ1n) is 11.4. The normalized spacial score (nSPS) is 11.6. The highest BCUT2D eigenvalue weighted by Crippen LogP contribution is 2.22. The van der Waals surface area contributed by atoms with Gasteiger partial charge in [0.15, 0.2) is 5.82 Å². The van der Waals surface area contributed by atoms with Crippen molar-refractivity contribution in [3.63, 3.8) is 0 Å². The van der Waals surface area contributed by atoms with Gasteiger partial charge in [0, 0.05) is 28.2 Å². The Morgan fingerprint density at radius 2 is 1.66 bits per heavy atom. The maximum Gasteiger partial charge on any atom is 0.326 e. The molecule has 7 heteroatoms. The highest BCUT2D eigenvalue weighted by atomic mass is 16.5. The molecule has 0 unspecified atom stereocenters. The Morgan fingerprint density at radius 1 is 0.971 bits per heavy atom. The molecule has 0 atom stereocenters. The molecule has 5 rings (SSSR count). The summed E-state index contributed by atoms with van der Waals surface area (Å²) in [5.74, 6) is 0.139. The molecule has 0 saturated carbocycles. The second-order valence-electron chi connectivity index (χ2n) is 8.45. The summed E-state index contributed by atoms with van der Waals surface area (Å²) in [5.41, 5.74) is 2.79. The van der Waals surface area contributed by atoms with E-state index in [1.165, 1.54) is 4.68 Å². The molecule has 0 radical (unpaired) electrons. The lowest BCUT2D eigenvalue weighted by Crippen LogP contribution is -2.20. The van der Waals surface area contributed by atoms with E-state index in [0.29, 0.717) is 16.7 Å². The molecular formula is C28H24N4O3. The van der Waals surface area contributed by atoms with Crippen molar-refractivity contribution in [3.8, 4) is 11.4 Å². The van der Waals surface area contributed by atoms with Crippen LogP contribution >= 0.6 is 0 Å². The molecule has 0 bridgehead atoms. The molecule has 2 heterocycles. The first kappa shape index (κ1) is 22.3. The molecule has 0 fully saturated rings. The van der Waals surface area contributed by atoms with Gasteiger partial charge in [-0.3, -0.25) is 9.59 Å². The zero-order valence-corrected chi connectivity index (χ0v) is 19.5. The van der Waals surface area contributed by atoms with Crippen molar-refractivity contribution < 1.29 is 9.53 Å². The van der Waals surface area contributed by atoms with Gasteiger partial charge in [-0.1, -0.05) is 60.7 Å². The van der Waals surface area contributed by atoms with Crippen molar-refractivity contribution in [1.29, 1.82) is 0 Å². The fraction of sp³-hybridized carbons (Fsp3) is 0.143. The molecule has 2 aromatic heterocycles. The van der Waals surface area contributed by atoms with Crippen LogP contribution in [-0.2, 0) is 16.1 Å². The van der Waals surface area contributed by atoms with E-state index in [1.54, 1.807) is 12.3 Å². The summed E-state index contributed by atoms with van der Waals surface area (Å²) >= 11 is 0. The molecule has 0 aliphatic carbocycles. The van der Waals surface area contributed by atoms with Crippen LogP contribution in [0.25, 0.3) is 33.2 Å². The molecule has 0 spiro atoms. The molecule has 5 aromatic rings. The van der Waals surface area contributed by atoms with E-state index < -0.39 is 0 Å². The molecule has 0 aliphatic heterocycles. The monoisotopic (exact) mass is 464 g/mol. The van der Waals surface area contributed by atoms with Gasteiger partial charge in [-0.2, -0.15) is 9.78 Å². The minimum atomic E-state index is -0.314. The van der Waals surface area contributed by atoms with E-state index in [-0.39, 0.29) is 24.2 Å². The van der Waals surface area contributed by atoms with Crippen LogP contribution in [0.4, 0.5) is 0 Å². The molecular weight excluding hydrogens is 440 g/mol. The summed E-state index contributed by atoms with van der Waals surface area (Å²) in [4.78, 5) is 30.4. The number of benzene rings is 3. The van der Waals surface area contributed by atoms with Gasteiger partial charge in [-0.15, -0.1) is 0 Å². The minimum absolute atomic E-state index is 0.0826. The number of nitrogens with zero attached hydrogens (tertiary/aromatic N) is 4. The van der Waals surface area contributed by atoms with E-state index >= 15 is 0 Å². The highest BCUT2D eigenvalue weighted by molar-refractivity contribution is 6.00. The summed E-state index contributed by atoms with van der Waals surface area (Å²) in [6, 6.07) is 24.5. The van der Waals surface area contributed by atoms with Gasteiger partial charge in [0.25, 0.3) is 5.56 Å². The van der Waals surface area contributed by atoms with Crippen LogP contribution in [0.3, 0.4) is 0 Å². The fourth-order valence-corrected chi connectivity index (χ4v) is 4.07. The molecule has 3 aromatic carbocycles.